The Morgan fingerprint density at radius 1 is 0.971 bits per heavy atom. The lowest BCUT2D eigenvalue weighted by Gasteiger charge is -2.58. The number of carbonyl (C=O) groups excluding carboxylic acids is 2. The number of morpholine rings is 1. The minimum Gasteiger partial charge on any atom is -0.378 e. The van der Waals surface area contributed by atoms with Gasteiger partial charge in [0.15, 0.2) is 0 Å². The van der Waals surface area contributed by atoms with Gasteiger partial charge in [0.05, 0.1) is 18.6 Å². The first-order valence-electron chi connectivity index (χ1n) is 14.1. The SMILES string of the molecule is O=C(CCC[C@@H]1[C@H]2CCCN3CCC[C@@H](CN1C(=O)C1(c4ccccc4)CC1)[C@@H]23)N1CCOCC1. The summed E-state index contributed by atoms with van der Waals surface area (Å²) in [5.74, 6) is 1.78. The first-order valence-corrected chi connectivity index (χ1v) is 14.1. The lowest BCUT2D eigenvalue weighted by atomic mass is 9.68. The monoisotopic (exact) mass is 479 g/mol. The van der Waals surface area contributed by atoms with Crippen LogP contribution >= 0.6 is 0 Å². The van der Waals surface area contributed by atoms with E-state index in [1.807, 2.05) is 11.0 Å². The summed E-state index contributed by atoms with van der Waals surface area (Å²) < 4.78 is 5.42. The Morgan fingerprint density at radius 3 is 2.46 bits per heavy atom. The number of piperidine rings is 3. The zero-order chi connectivity index (χ0) is 23.8. The number of likely N-dealkylation sites (tertiary alicyclic amines) is 1. The number of nitrogens with zero attached hydrogens (tertiary/aromatic N) is 3. The zero-order valence-corrected chi connectivity index (χ0v) is 21.1. The average Bonchev–Trinajstić information content (AvgIpc) is 3.73. The molecule has 1 aromatic carbocycles. The molecule has 0 radical (unpaired) electrons. The fraction of sp³-hybridized carbons (Fsp3) is 0.724. The minimum absolute atomic E-state index is 0.255. The highest BCUT2D eigenvalue weighted by Gasteiger charge is 2.57. The Bertz CT molecular complexity index is 909. The number of benzene rings is 1. The smallest absolute Gasteiger partial charge is 0.233 e. The fourth-order valence-corrected chi connectivity index (χ4v) is 7.81. The molecule has 4 atom stereocenters. The molecule has 0 spiro atoms. The molecule has 0 aromatic heterocycles. The van der Waals surface area contributed by atoms with E-state index in [0.717, 1.165) is 32.2 Å². The summed E-state index contributed by atoms with van der Waals surface area (Å²) in [6, 6.07) is 11.4. The summed E-state index contributed by atoms with van der Waals surface area (Å²) in [5.41, 5.74) is 0.890. The maximum Gasteiger partial charge on any atom is 0.233 e. The number of carbonyl (C=O) groups is 2. The van der Waals surface area contributed by atoms with Gasteiger partial charge in [-0.05, 0) is 81.9 Å². The molecule has 4 aliphatic heterocycles. The van der Waals surface area contributed by atoms with Crippen molar-refractivity contribution in [2.24, 2.45) is 11.8 Å². The fourth-order valence-electron chi connectivity index (χ4n) is 7.81. The molecule has 0 unspecified atom stereocenters. The van der Waals surface area contributed by atoms with E-state index in [4.69, 9.17) is 4.74 Å². The van der Waals surface area contributed by atoms with Crippen molar-refractivity contribution in [3.63, 3.8) is 0 Å². The highest BCUT2D eigenvalue weighted by molar-refractivity contribution is 5.91. The molecule has 1 aliphatic carbocycles. The first-order chi connectivity index (χ1) is 17.2. The van der Waals surface area contributed by atoms with E-state index in [-0.39, 0.29) is 17.4 Å². The van der Waals surface area contributed by atoms with Crippen LogP contribution in [0.1, 0.15) is 63.4 Å². The molecule has 5 aliphatic rings. The summed E-state index contributed by atoms with van der Waals surface area (Å²) >= 11 is 0. The van der Waals surface area contributed by atoms with Crippen molar-refractivity contribution in [1.29, 1.82) is 0 Å². The van der Waals surface area contributed by atoms with Crippen LogP contribution in [-0.4, -0.2) is 84.5 Å². The van der Waals surface area contributed by atoms with Crippen LogP contribution in [0.3, 0.4) is 0 Å². The lowest BCUT2D eigenvalue weighted by molar-refractivity contribution is -0.149. The second-order valence-electron chi connectivity index (χ2n) is 11.6. The largest absolute Gasteiger partial charge is 0.378 e. The molecule has 0 bridgehead atoms. The Hall–Kier alpha value is -1.92. The Kier molecular flexibility index (Phi) is 6.61. The van der Waals surface area contributed by atoms with Crippen LogP contribution in [-0.2, 0) is 19.7 Å². The minimum atomic E-state index is -0.307. The van der Waals surface area contributed by atoms with Crippen molar-refractivity contribution in [1.82, 2.24) is 14.7 Å². The van der Waals surface area contributed by atoms with E-state index in [1.165, 1.54) is 44.3 Å². The van der Waals surface area contributed by atoms with Crippen LogP contribution in [0.25, 0.3) is 0 Å². The molecule has 4 saturated heterocycles. The molecule has 0 N–H and O–H groups in total. The predicted molar refractivity (Wildman–Crippen MR) is 135 cm³/mol. The third-order valence-electron chi connectivity index (χ3n) is 9.67. The standard InChI is InChI=1S/C29H41N3O3/c33-26(30-17-19-35-20-18-30)12-4-11-25-24-10-6-16-31-15-5-7-22(27(24)31)21-32(25)28(34)29(13-14-29)23-8-2-1-3-9-23/h1-3,8-9,22,24-25,27H,4-7,10-21H2/t22-,24+,25+,27-/m0/s1. The zero-order valence-electron chi connectivity index (χ0n) is 21.1. The van der Waals surface area contributed by atoms with Gasteiger partial charge in [0.2, 0.25) is 11.8 Å². The number of amides is 2. The van der Waals surface area contributed by atoms with E-state index in [0.29, 0.717) is 56.5 Å². The molecule has 2 amide bonds. The molecule has 6 nitrogen and oxygen atoms in total. The Morgan fingerprint density at radius 2 is 1.71 bits per heavy atom. The summed E-state index contributed by atoms with van der Waals surface area (Å²) in [7, 11) is 0. The number of ether oxygens (including phenoxy) is 1. The number of hydrogen-bond donors (Lipinski definition) is 0. The van der Waals surface area contributed by atoms with Gasteiger partial charge in [-0.3, -0.25) is 14.5 Å². The molecule has 6 rings (SSSR count). The topological polar surface area (TPSA) is 53.1 Å². The summed E-state index contributed by atoms with van der Waals surface area (Å²) in [5, 5.41) is 0. The van der Waals surface area contributed by atoms with Crippen LogP contribution in [0.5, 0.6) is 0 Å². The number of hydrogen-bond acceptors (Lipinski definition) is 4. The third-order valence-corrected chi connectivity index (χ3v) is 9.67. The van der Waals surface area contributed by atoms with E-state index in [1.54, 1.807) is 0 Å². The van der Waals surface area contributed by atoms with Gasteiger partial charge in [-0.2, -0.15) is 0 Å². The van der Waals surface area contributed by atoms with E-state index in [2.05, 4.69) is 34.1 Å². The van der Waals surface area contributed by atoms with Crippen molar-refractivity contribution >= 4 is 11.8 Å². The van der Waals surface area contributed by atoms with Crippen LogP contribution in [0, 0.1) is 11.8 Å². The van der Waals surface area contributed by atoms with E-state index >= 15 is 0 Å². The second kappa shape index (κ2) is 9.85. The predicted octanol–water partition coefficient (Wildman–Crippen LogP) is 3.45. The lowest BCUT2D eigenvalue weighted by Crippen LogP contribution is -2.66. The quantitative estimate of drug-likeness (QED) is 0.627. The van der Waals surface area contributed by atoms with Gasteiger partial charge in [-0.1, -0.05) is 30.3 Å². The molecular formula is C29H41N3O3. The Labute approximate surface area is 210 Å². The van der Waals surface area contributed by atoms with E-state index in [9.17, 15) is 9.59 Å². The molecule has 1 aromatic rings. The van der Waals surface area contributed by atoms with Gasteiger partial charge in [-0.15, -0.1) is 0 Å². The highest BCUT2D eigenvalue weighted by atomic mass is 16.5. The number of rotatable bonds is 6. The van der Waals surface area contributed by atoms with Crippen molar-refractivity contribution in [2.75, 3.05) is 45.9 Å². The maximum atomic E-state index is 14.3. The molecule has 1 saturated carbocycles. The molecule has 4 heterocycles. The summed E-state index contributed by atoms with van der Waals surface area (Å²) in [6.45, 7) is 6.09. The Balaban J connectivity index is 1.22. The normalized spacial score (nSPS) is 32.1. The molecule has 190 valence electrons. The van der Waals surface area contributed by atoms with Crippen LogP contribution in [0.15, 0.2) is 30.3 Å². The van der Waals surface area contributed by atoms with Crippen LogP contribution in [0.4, 0.5) is 0 Å². The third kappa shape index (κ3) is 4.42. The van der Waals surface area contributed by atoms with Gasteiger partial charge in [0, 0.05) is 38.1 Å². The molecule has 35 heavy (non-hydrogen) atoms. The van der Waals surface area contributed by atoms with Crippen LogP contribution in [0.2, 0.25) is 0 Å². The van der Waals surface area contributed by atoms with Crippen LogP contribution < -0.4 is 0 Å². The summed E-state index contributed by atoms with van der Waals surface area (Å²) in [4.78, 5) is 34.2. The molecule has 5 fully saturated rings. The van der Waals surface area contributed by atoms with Gasteiger partial charge < -0.3 is 14.5 Å². The van der Waals surface area contributed by atoms with Crippen molar-refractivity contribution < 1.29 is 14.3 Å². The summed E-state index contributed by atoms with van der Waals surface area (Å²) in [6.07, 6.45) is 9.34. The van der Waals surface area contributed by atoms with Crippen molar-refractivity contribution in [3.8, 4) is 0 Å². The van der Waals surface area contributed by atoms with E-state index < -0.39 is 0 Å². The van der Waals surface area contributed by atoms with Gasteiger partial charge >= 0.3 is 0 Å². The van der Waals surface area contributed by atoms with Gasteiger partial charge in [0.25, 0.3) is 0 Å². The van der Waals surface area contributed by atoms with Crippen molar-refractivity contribution in [2.45, 2.75) is 75.3 Å². The average molecular weight is 480 g/mol. The van der Waals surface area contributed by atoms with Crippen molar-refractivity contribution in [3.05, 3.63) is 35.9 Å². The molecule has 6 heteroatoms. The van der Waals surface area contributed by atoms with Gasteiger partial charge in [-0.25, -0.2) is 0 Å². The second-order valence-corrected chi connectivity index (χ2v) is 11.6. The maximum absolute atomic E-state index is 14.3. The first kappa shape index (κ1) is 23.5. The van der Waals surface area contributed by atoms with Gasteiger partial charge in [0.1, 0.15) is 0 Å². The highest BCUT2D eigenvalue weighted by Crippen LogP contribution is 2.52. The molecular weight excluding hydrogens is 438 g/mol.